The van der Waals surface area contributed by atoms with Crippen molar-refractivity contribution in [2.45, 2.75) is 51.5 Å². The number of rotatable bonds is 4. The van der Waals surface area contributed by atoms with E-state index in [1.165, 1.54) is 45.1 Å². The van der Waals surface area contributed by atoms with E-state index in [4.69, 9.17) is 4.74 Å². The molecule has 1 saturated carbocycles. The molecular formula is C13H25NO. The highest BCUT2D eigenvalue weighted by Crippen LogP contribution is 2.36. The Bertz CT molecular complexity index is 177. The van der Waals surface area contributed by atoms with E-state index in [2.05, 4.69) is 12.2 Å². The highest BCUT2D eigenvalue weighted by molar-refractivity contribution is 4.85. The third-order valence-corrected chi connectivity index (χ3v) is 4.09. The van der Waals surface area contributed by atoms with Crippen molar-refractivity contribution in [2.75, 3.05) is 19.8 Å². The van der Waals surface area contributed by atoms with E-state index in [9.17, 15) is 0 Å². The number of ether oxygens (including phenoxy) is 1. The van der Waals surface area contributed by atoms with Crippen molar-refractivity contribution in [3.63, 3.8) is 0 Å². The zero-order valence-electron chi connectivity index (χ0n) is 10.0. The lowest BCUT2D eigenvalue weighted by molar-refractivity contribution is 0.0472. The van der Waals surface area contributed by atoms with Crippen molar-refractivity contribution in [1.29, 1.82) is 0 Å². The molecular weight excluding hydrogens is 186 g/mol. The lowest BCUT2D eigenvalue weighted by Gasteiger charge is -2.27. The third kappa shape index (κ3) is 3.18. The van der Waals surface area contributed by atoms with Gasteiger partial charge in [0, 0.05) is 19.3 Å². The van der Waals surface area contributed by atoms with Crippen LogP contribution in [0.15, 0.2) is 0 Å². The van der Waals surface area contributed by atoms with Crippen molar-refractivity contribution < 1.29 is 4.74 Å². The Kier molecular flexibility index (Phi) is 4.45. The van der Waals surface area contributed by atoms with Crippen LogP contribution in [0.1, 0.15) is 45.4 Å². The third-order valence-electron chi connectivity index (χ3n) is 4.09. The molecule has 1 N–H and O–H groups in total. The molecule has 2 fully saturated rings. The summed E-state index contributed by atoms with van der Waals surface area (Å²) in [5.41, 5.74) is 0. The quantitative estimate of drug-likeness (QED) is 0.771. The molecule has 0 bridgehead atoms. The van der Waals surface area contributed by atoms with Crippen LogP contribution in [-0.4, -0.2) is 25.8 Å². The molecule has 2 rings (SSSR count). The van der Waals surface area contributed by atoms with Gasteiger partial charge < -0.3 is 10.1 Å². The molecule has 0 aromatic carbocycles. The standard InChI is InChI=1S/C13H25NO/c1-2-7-14-13-4-3-12(10-13)11-5-8-15-9-6-11/h11-14H,2-10H2,1H3. The van der Waals surface area contributed by atoms with Gasteiger partial charge in [-0.15, -0.1) is 0 Å². The first-order valence-corrected chi connectivity index (χ1v) is 6.71. The molecule has 0 radical (unpaired) electrons. The van der Waals surface area contributed by atoms with Gasteiger partial charge in [0.15, 0.2) is 0 Å². The minimum absolute atomic E-state index is 0.817. The Morgan fingerprint density at radius 2 is 1.87 bits per heavy atom. The minimum Gasteiger partial charge on any atom is -0.381 e. The van der Waals surface area contributed by atoms with E-state index < -0.39 is 0 Å². The maximum atomic E-state index is 5.44. The molecule has 15 heavy (non-hydrogen) atoms. The van der Waals surface area contributed by atoms with Gasteiger partial charge >= 0.3 is 0 Å². The SMILES string of the molecule is CCCNC1CCC(C2CCOCC2)C1. The average molecular weight is 211 g/mol. The summed E-state index contributed by atoms with van der Waals surface area (Å²) in [7, 11) is 0. The molecule has 1 saturated heterocycles. The average Bonchev–Trinajstić information content (AvgIpc) is 2.76. The molecule has 0 aromatic rings. The topological polar surface area (TPSA) is 21.3 Å². The van der Waals surface area contributed by atoms with Crippen LogP contribution in [0.4, 0.5) is 0 Å². The zero-order valence-corrected chi connectivity index (χ0v) is 10.0. The Labute approximate surface area is 93.8 Å². The van der Waals surface area contributed by atoms with Crippen molar-refractivity contribution in [3.05, 3.63) is 0 Å². The van der Waals surface area contributed by atoms with Gasteiger partial charge in [0.25, 0.3) is 0 Å². The fraction of sp³-hybridized carbons (Fsp3) is 1.00. The number of hydrogen-bond acceptors (Lipinski definition) is 2. The van der Waals surface area contributed by atoms with Gasteiger partial charge in [-0.05, 0) is 56.9 Å². The first kappa shape index (κ1) is 11.4. The van der Waals surface area contributed by atoms with E-state index in [0.717, 1.165) is 31.1 Å². The maximum absolute atomic E-state index is 5.44. The molecule has 0 amide bonds. The van der Waals surface area contributed by atoms with Crippen LogP contribution in [-0.2, 0) is 4.74 Å². The van der Waals surface area contributed by atoms with Crippen LogP contribution in [0.3, 0.4) is 0 Å². The number of hydrogen-bond donors (Lipinski definition) is 1. The van der Waals surface area contributed by atoms with Crippen LogP contribution in [0.2, 0.25) is 0 Å². The molecule has 2 atom stereocenters. The first-order chi connectivity index (χ1) is 7.40. The zero-order chi connectivity index (χ0) is 10.5. The Morgan fingerprint density at radius 3 is 2.60 bits per heavy atom. The molecule has 88 valence electrons. The second-order valence-electron chi connectivity index (χ2n) is 5.17. The summed E-state index contributed by atoms with van der Waals surface area (Å²) in [6.45, 7) is 5.46. The Balaban J connectivity index is 1.71. The van der Waals surface area contributed by atoms with Crippen LogP contribution in [0.25, 0.3) is 0 Å². The predicted molar refractivity (Wildman–Crippen MR) is 63.0 cm³/mol. The smallest absolute Gasteiger partial charge is 0.0468 e. The predicted octanol–water partition coefficient (Wildman–Crippen LogP) is 2.58. The summed E-state index contributed by atoms with van der Waals surface area (Å²) in [5.74, 6) is 1.95. The van der Waals surface area contributed by atoms with Gasteiger partial charge in [0.2, 0.25) is 0 Å². The number of nitrogens with one attached hydrogen (secondary N) is 1. The van der Waals surface area contributed by atoms with Crippen LogP contribution < -0.4 is 5.32 Å². The van der Waals surface area contributed by atoms with E-state index in [0.29, 0.717) is 0 Å². The van der Waals surface area contributed by atoms with E-state index in [-0.39, 0.29) is 0 Å². The molecule has 2 unspecified atom stereocenters. The Morgan fingerprint density at radius 1 is 1.07 bits per heavy atom. The largest absolute Gasteiger partial charge is 0.381 e. The summed E-state index contributed by atoms with van der Waals surface area (Å²) in [4.78, 5) is 0. The maximum Gasteiger partial charge on any atom is 0.0468 e. The molecule has 1 heterocycles. The lowest BCUT2D eigenvalue weighted by Crippen LogP contribution is -2.28. The molecule has 1 aliphatic carbocycles. The van der Waals surface area contributed by atoms with Crippen molar-refractivity contribution in [1.82, 2.24) is 5.32 Å². The van der Waals surface area contributed by atoms with E-state index in [1.807, 2.05) is 0 Å². The second kappa shape index (κ2) is 5.86. The Hall–Kier alpha value is -0.0800. The molecule has 0 spiro atoms. The second-order valence-corrected chi connectivity index (χ2v) is 5.17. The minimum atomic E-state index is 0.817. The highest BCUT2D eigenvalue weighted by atomic mass is 16.5. The van der Waals surface area contributed by atoms with Crippen molar-refractivity contribution in [3.8, 4) is 0 Å². The monoisotopic (exact) mass is 211 g/mol. The summed E-state index contributed by atoms with van der Waals surface area (Å²) in [5, 5.41) is 3.67. The first-order valence-electron chi connectivity index (χ1n) is 6.71. The highest BCUT2D eigenvalue weighted by Gasteiger charge is 2.31. The van der Waals surface area contributed by atoms with Gasteiger partial charge in [-0.25, -0.2) is 0 Å². The molecule has 2 nitrogen and oxygen atoms in total. The van der Waals surface area contributed by atoms with Gasteiger partial charge in [-0.1, -0.05) is 6.92 Å². The summed E-state index contributed by atoms with van der Waals surface area (Å²) in [6.07, 6.45) is 8.16. The van der Waals surface area contributed by atoms with E-state index >= 15 is 0 Å². The molecule has 0 aromatic heterocycles. The van der Waals surface area contributed by atoms with Gasteiger partial charge in [0.05, 0.1) is 0 Å². The van der Waals surface area contributed by atoms with Crippen molar-refractivity contribution in [2.24, 2.45) is 11.8 Å². The summed E-state index contributed by atoms with van der Waals surface area (Å²) >= 11 is 0. The van der Waals surface area contributed by atoms with E-state index in [1.54, 1.807) is 0 Å². The molecule has 1 aliphatic heterocycles. The lowest BCUT2D eigenvalue weighted by atomic mass is 9.85. The normalized spacial score (nSPS) is 33.4. The summed E-state index contributed by atoms with van der Waals surface area (Å²) < 4.78 is 5.44. The fourth-order valence-electron chi connectivity index (χ4n) is 3.17. The van der Waals surface area contributed by atoms with Crippen molar-refractivity contribution >= 4 is 0 Å². The van der Waals surface area contributed by atoms with Crippen LogP contribution >= 0.6 is 0 Å². The summed E-state index contributed by atoms with van der Waals surface area (Å²) in [6, 6.07) is 0.817. The van der Waals surface area contributed by atoms with Gasteiger partial charge in [0.1, 0.15) is 0 Å². The van der Waals surface area contributed by atoms with Gasteiger partial charge in [-0.2, -0.15) is 0 Å². The van der Waals surface area contributed by atoms with Crippen LogP contribution in [0, 0.1) is 11.8 Å². The molecule has 2 aliphatic rings. The van der Waals surface area contributed by atoms with Crippen LogP contribution in [0.5, 0.6) is 0 Å². The fourth-order valence-corrected chi connectivity index (χ4v) is 3.17. The van der Waals surface area contributed by atoms with Gasteiger partial charge in [-0.3, -0.25) is 0 Å². The molecule has 2 heteroatoms.